The fraction of sp³-hybridized carbons (Fsp3) is 0.294. The maximum atomic E-state index is 5.84. The minimum atomic E-state index is 0.0982. The third-order valence-electron chi connectivity index (χ3n) is 2.64. The monoisotopic (exact) mass is 287 g/mol. The summed E-state index contributed by atoms with van der Waals surface area (Å²) in [6.45, 7) is 4.85. The van der Waals surface area contributed by atoms with E-state index in [0.717, 1.165) is 5.75 Å². The Balaban J connectivity index is 1.84. The van der Waals surface area contributed by atoms with E-state index in [2.05, 4.69) is 0 Å². The van der Waals surface area contributed by atoms with Gasteiger partial charge in [-0.3, -0.25) is 0 Å². The van der Waals surface area contributed by atoms with Gasteiger partial charge >= 0.3 is 0 Å². The van der Waals surface area contributed by atoms with Crippen LogP contribution in [-0.2, 0) is 0 Å². The molecule has 4 heteroatoms. The molecular formula is C17H21NO3. The molecule has 2 aromatic rings. The lowest BCUT2D eigenvalue weighted by Gasteiger charge is -2.13. The minimum absolute atomic E-state index is 0.0982. The number of hydrogen-bond acceptors (Lipinski definition) is 4. The van der Waals surface area contributed by atoms with E-state index in [0.29, 0.717) is 30.4 Å². The summed E-state index contributed by atoms with van der Waals surface area (Å²) in [5.41, 5.74) is 6.46. The van der Waals surface area contributed by atoms with Gasteiger partial charge < -0.3 is 19.9 Å². The Morgan fingerprint density at radius 3 is 2.14 bits per heavy atom. The molecule has 0 unspecified atom stereocenters. The van der Waals surface area contributed by atoms with Crippen molar-refractivity contribution in [3.63, 3.8) is 0 Å². The summed E-state index contributed by atoms with van der Waals surface area (Å²) in [5, 5.41) is 0. The molecule has 0 atom stereocenters. The van der Waals surface area contributed by atoms with Crippen molar-refractivity contribution in [3.05, 3.63) is 48.5 Å². The van der Waals surface area contributed by atoms with Crippen LogP contribution < -0.4 is 19.9 Å². The zero-order valence-electron chi connectivity index (χ0n) is 12.4. The van der Waals surface area contributed by atoms with Crippen molar-refractivity contribution >= 4 is 5.69 Å². The maximum absolute atomic E-state index is 5.84. The first kappa shape index (κ1) is 15.0. The van der Waals surface area contributed by atoms with Gasteiger partial charge in [0.25, 0.3) is 0 Å². The van der Waals surface area contributed by atoms with E-state index < -0.39 is 0 Å². The molecule has 0 aromatic heterocycles. The number of benzene rings is 2. The predicted octanol–water partition coefficient (Wildman–Crippen LogP) is 3.51. The zero-order chi connectivity index (χ0) is 15.1. The standard InChI is InChI=1S/C17H21NO3/c1-13(2)21-17-11-14(18)10-16(12-17)20-9-8-19-15-6-4-3-5-7-15/h3-7,10-13H,8-9,18H2,1-2H3. The zero-order valence-corrected chi connectivity index (χ0v) is 12.4. The molecule has 2 aromatic carbocycles. The molecule has 0 amide bonds. The Labute approximate surface area is 125 Å². The van der Waals surface area contributed by atoms with Crippen LogP contribution in [0.25, 0.3) is 0 Å². The van der Waals surface area contributed by atoms with Crippen molar-refractivity contribution in [2.75, 3.05) is 18.9 Å². The van der Waals surface area contributed by atoms with E-state index in [-0.39, 0.29) is 6.10 Å². The maximum Gasteiger partial charge on any atom is 0.125 e. The van der Waals surface area contributed by atoms with E-state index in [1.54, 1.807) is 12.1 Å². The molecule has 0 fully saturated rings. The topological polar surface area (TPSA) is 53.7 Å². The van der Waals surface area contributed by atoms with Crippen LogP contribution in [-0.4, -0.2) is 19.3 Å². The molecule has 0 saturated carbocycles. The molecule has 0 aliphatic rings. The Hall–Kier alpha value is -2.36. The van der Waals surface area contributed by atoms with Crippen LogP contribution in [0, 0.1) is 0 Å². The van der Waals surface area contributed by atoms with Gasteiger partial charge in [0.15, 0.2) is 0 Å². The summed E-state index contributed by atoms with van der Waals surface area (Å²) in [7, 11) is 0. The fourth-order valence-electron chi connectivity index (χ4n) is 1.85. The largest absolute Gasteiger partial charge is 0.491 e. The van der Waals surface area contributed by atoms with E-state index in [1.165, 1.54) is 0 Å². The first-order chi connectivity index (χ1) is 10.1. The van der Waals surface area contributed by atoms with Gasteiger partial charge in [-0.05, 0) is 26.0 Å². The number of rotatable bonds is 7. The van der Waals surface area contributed by atoms with Gasteiger partial charge in [-0.1, -0.05) is 18.2 Å². The Morgan fingerprint density at radius 2 is 1.48 bits per heavy atom. The highest BCUT2D eigenvalue weighted by molar-refractivity contribution is 5.50. The van der Waals surface area contributed by atoms with Crippen LogP contribution in [0.4, 0.5) is 5.69 Å². The molecule has 0 spiro atoms. The second-order valence-corrected chi connectivity index (χ2v) is 4.91. The number of nitrogens with two attached hydrogens (primary N) is 1. The Morgan fingerprint density at radius 1 is 0.857 bits per heavy atom. The SMILES string of the molecule is CC(C)Oc1cc(N)cc(OCCOc2ccccc2)c1. The smallest absolute Gasteiger partial charge is 0.125 e. The van der Waals surface area contributed by atoms with Crippen LogP contribution in [0.15, 0.2) is 48.5 Å². The van der Waals surface area contributed by atoms with Gasteiger partial charge in [-0.2, -0.15) is 0 Å². The number of hydrogen-bond donors (Lipinski definition) is 1. The molecule has 0 heterocycles. The summed E-state index contributed by atoms with van der Waals surface area (Å²) in [5.74, 6) is 2.23. The predicted molar refractivity (Wildman–Crippen MR) is 84.1 cm³/mol. The molecule has 4 nitrogen and oxygen atoms in total. The molecule has 2 N–H and O–H groups in total. The van der Waals surface area contributed by atoms with Crippen LogP contribution in [0.1, 0.15) is 13.8 Å². The second-order valence-electron chi connectivity index (χ2n) is 4.91. The fourth-order valence-corrected chi connectivity index (χ4v) is 1.85. The van der Waals surface area contributed by atoms with Crippen LogP contribution in [0.2, 0.25) is 0 Å². The second kappa shape index (κ2) is 7.43. The average molecular weight is 287 g/mol. The van der Waals surface area contributed by atoms with E-state index in [4.69, 9.17) is 19.9 Å². The van der Waals surface area contributed by atoms with Crippen molar-refractivity contribution in [1.82, 2.24) is 0 Å². The highest BCUT2D eigenvalue weighted by Crippen LogP contribution is 2.25. The van der Waals surface area contributed by atoms with Crippen molar-refractivity contribution in [3.8, 4) is 17.2 Å². The van der Waals surface area contributed by atoms with Crippen LogP contribution in [0.3, 0.4) is 0 Å². The van der Waals surface area contributed by atoms with Crippen molar-refractivity contribution in [2.45, 2.75) is 20.0 Å². The Bertz CT molecular complexity index is 555. The van der Waals surface area contributed by atoms with Gasteiger partial charge in [0.1, 0.15) is 30.5 Å². The van der Waals surface area contributed by atoms with E-state index >= 15 is 0 Å². The van der Waals surface area contributed by atoms with Gasteiger partial charge in [0, 0.05) is 23.9 Å². The summed E-state index contributed by atoms with van der Waals surface area (Å²) < 4.78 is 16.8. The normalized spacial score (nSPS) is 10.4. The molecule has 2 rings (SSSR count). The van der Waals surface area contributed by atoms with Crippen molar-refractivity contribution in [1.29, 1.82) is 0 Å². The van der Waals surface area contributed by atoms with E-state index in [1.807, 2.05) is 50.2 Å². The summed E-state index contributed by atoms with van der Waals surface area (Å²) in [6, 6.07) is 15.0. The number of anilines is 1. The highest BCUT2D eigenvalue weighted by atomic mass is 16.5. The quantitative estimate of drug-likeness (QED) is 0.625. The first-order valence-corrected chi connectivity index (χ1v) is 7.01. The lowest BCUT2D eigenvalue weighted by Crippen LogP contribution is -2.10. The molecule has 0 aliphatic heterocycles. The molecular weight excluding hydrogens is 266 g/mol. The lowest BCUT2D eigenvalue weighted by molar-refractivity contribution is 0.214. The van der Waals surface area contributed by atoms with Gasteiger partial charge in [-0.15, -0.1) is 0 Å². The minimum Gasteiger partial charge on any atom is -0.491 e. The third-order valence-corrected chi connectivity index (χ3v) is 2.64. The van der Waals surface area contributed by atoms with Gasteiger partial charge in [-0.25, -0.2) is 0 Å². The number of nitrogen functional groups attached to an aromatic ring is 1. The molecule has 0 saturated heterocycles. The van der Waals surface area contributed by atoms with Gasteiger partial charge in [0.05, 0.1) is 6.10 Å². The van der Waals surface area contributed by atoms with Crippen LogP contribution in [0.5, 0.6) is 17.2 Å². The van der Waals surface area contributed by atoms with Crippen LogP contribution >= 0.6 is 0 Å². The van der Waals surface area contributed by atoms with Crippen molar-refractivity contribution in [2.24, 2.45) is 0 Å². The summed E-state index contributed by atoms with van der Waals surface area (Å²) in [6.07, 6.45) is 0.0982. The third kappa shape index (κ3) is 5.26. The Kier molecular flexibility index (Phi) is 5.32. The average Bonchev–Trinajstić information content (AvgIpc) is 2.43. The van der Waals surface area contributed by atoms with Gasteiger partial charge in [0.2, 0.25) is 0 Å². The highest BCUT2D eigenvalue weighted by Gasteiger charge is 2.03. The summed E-state index contributed by atoms with van der Waals surface area (Å²) >= 11 is 0. The molecule has 0 bridgehead atoms. The lowest BCUT2D eigenvalue weighted by atomic mass is 10.3. The van der Waals surface area contributed by atoms with Crippen molar-refractivity contribution < 1.29 is 14.2 Å². The van der Waals surface area contributed by atoms with E-state index in [9.17, 15) is 0 Å². The molecule has 0 radical (unpaired) electrons. The molecule has 112 valence electrons. The first-order valence-electron chi connectivity index (χ1n) is 7.01. The molecule has 21 heavy (non-hydrogen) atoms. The summed E-state index contributed by atoms with van der Waals surface area (Å²) in [4.78, 5) is 0. The number of para-hydroxylation sites is 1. The number of ether oxygens (including phenoxy) is 3. The molecule has 0 aliphatic carbocycles.